The summed E-state index contributed by atoms with van der Waals surface area (Å²) in [5.41, 5.74) is 1.55. The van der Waals surface area contributed by atoms with Crippen LogP contribution in [0.3, 0.4) is 0 Å². The lowest BCUT2D eigenvalue weighted by Gasteiger charge is -2.28. The molecule has 1 aliphatic heterocycles. The molecule has 8 nitrogen and oxygen atoms in total. The molecular weight excluding hydrogens is 443 g/mol. The highest BCUT2D eigenvalue weighted by atomic mass is 32.2. The summed E-state index contributed by atoms with van der Waals surface area (Å²) in [5.74, 6) is 2.56. The Morgan fingerprint density at radius 2 is 1.82 bits per heavy atom. The summed E-state index contributed by atoms with van der Waals surface area (Å²) in [6.07, 6.45) is 3.50. The van der Waals surface area contributed by atoms with Crippen molar-refractivity contribution in [2.24, 2.45) is 0 Å². The minimum Gasteiger partial charge on any atom is -0.495 e. The van der Waals surface area contributed by atoms with Crippen LogP contribution in [0.1, 0.15) is 25.1 Å². The van der Waals surface area contributed by atoms with Gasteiger partial charge in [0.2, 0.25) is 5.95 Å². The maximum absolute atomic E-state index is 13.2. The van der Waals surface area contributed by atoms with Crippen LogP contribution < -0.4 is 9.64 Å². The van der Waals surface area contributed by atoms with Crippen molar-refractivity contribution in [2.45, 2.75) is 30.2 Å². The molecule has 2 aromatic carbocycles. The van der Waals surface area contributed by atoms with Gasteiger partial charge in [0.1, 0.15) is 11.6 Å². The van der Waals surface area contributed by atoms with E-state index < -0.39 is 0 Å². The van der Waals surface area contributed by atoms with Crippen molar-refractivity contribution < 1.29 is 13.7 Å². The fraction of sp³-hybridized carbons (Fsp3) is 0.304. The Balaban J connectivity index is 1.42. The van der Waals surface area contributed by atoms with E-state index in [9.17, 15) is 4.39 Å². The van der Waals surface area contributed by atoms with Crippen LogP contribution in [0.2, 0.25) is 0 Å². The van der Waals surface area contributed by atoms with Gasteiger partial charge >= 0.3 is 0 Å². The van der Waals surface area contributed by atoms with Gasteiger partial charge in [-0.2, -0.15) is 4.98 Å². The fourth-order valence-corrected chi connectivity index (χ4v) is 4.61. The second-order valence-corrected chi connectivity index (χ2v) is 8.59. The van der Waals surface area contributed by atoms with Crippen LogP contribution in [-0.4, -0.2) is 45.1 Å². The van der Waals surface area contributed by atoms with Crippen LogP contribution >= 0.6 is 11.8 Å². The molecule has 10 heteroatoms. The summed E-state index contributed by atoms with van der Waals surface area (Å²) >= 11 is 1.47. The number of aromatic nitrogens is 5. The molecule has 2 aromatic heterocycles. The molecule has 1 fully saturated rings. The minimum atomic E-state index is -0.311. The molecule has 3 heterocycles. The molecule has 0 N–H and O–H groups in total. The summed E-state index contributed by atoms with van der Waals surface area (Å²) in [5, 5.41) is 13.8. The smallest absolute Gasteiger partial charge is 0.257 e. The Kier molecular flexibility index (Phi) is 6.25. The van der Waals surface area contributed by atoms with Gasteiger partial charge in [-0.25, -0.2) is 4.39 Å². The fourth-order valence-electron chi connectivity index (χ4n) is 3.83. The zero-order valence-electron chi connectivity index (χ0n) is 18.1. The SMILES string of the molecule is COc1ccccc1-n1c(SCc2noc(-c3ccc(F)cc3)n2)nnc1N1CCCCC1. The van der Waals surface area contributed by atoms with Gasteiger partial charge in [0.15, 0.2) is 11.0 Å². The minimum absolute atomic E-state index is 0.311. The van der Waals surface area contributed by atoms with Crippen molar-refractivity contribution in [3.8, 4) is 22.9 Å². The van der Waals surface area contributed by atoms with E-state index in [1.165, 1.54) is 30.3 Å². The quantitative estimate of drug-likeness (QED) is 0.361. The van der Waals surface area contributed by atoms with Crippen molar-refractivity contribution in [1.29, 1.82) is 0 Å². The van der Waals surface area contributed by atoms with E-state index in [1.54, 1.807) is 19.2 Å². The van der Waals surface area contributed by atoms with Crippen molar-refractivity contribution in [1.82, 2.24) is 24.9 Å². The third-order valence-electron chi connectivity index (χ3n) is 5.47. The van der Waals surface area contributed by atoms with Crippen LogP contribution in [0, 0.1) is 5.82 Å². The predicted molar refractivity (Wildman–Crippen MR) is 123 cm³/mol. The summed E-state index contributed by atoms with van der Waals surface area (Å²) in [6, 6.07) is 13.8. The first-order valence-corrected chi connectivity index (χ1v) is 11.8. The molecule has 0 spiro atoms. The number of piperidine rings is 1. The predicted octanol–water partition coefficient (Wildman–Crippen LogP) is 4.75. The number of methoxy groups -OCH3 is 1. The Hall–Kier alpha value is -3.40. The molecule has 0 bridgehead atoms. The monoisotopic (exact) mass is 466 g/mol. The lowest BCUT2D eigenvalue weighted by atomic mass is 10.1. The molecule has 0 radical (unpaired) electrons. The molecule has 170 valence electrons. The molecule has 0 amide bonds. The van der Waals surface area contributed by atoms with E-state index in [4.69, 9.17) is 9.26 Å². The highest BCUT2D eigenvalue weighted by Gasteiger charge is 2.23. The van der Waals surface area contributed by atoms with E-state index in [2.05, 4.69) is 25.2 Å². The van der Waals surface area contributed by atoms with Gasteiger partial charge in [0, 0.05) is 18.7 Å². The molecule has 33 heavy (non-hydrogen) atoms. The van der Waals surface area contributed by atoms with Gasteiger partial charge in [-0.05, 0) is 55.7 Å². The number of anilines is 1. The van der Waals surface area contributed by atoms with E-state index in [0.717, 1.165) is 43.3 Å². The molecule has 1 saturated heterocycles. The third-order valence-corrected chi connectivity index (χ3v) is 6.40. The number of benzene rings is 2. The number of ether oxygens (including phenoxy) is 1. The third kappa shape index (κ3) is 4.56. The Morgan fingerprint density at radius 1 is 1.03 bits per heavy atom. The molecule has 0 saturated carbocycles. The number of nitrogens with zero attached hydrogens (tertiary/aromatic N) is 6. The number of halogens is 1. The molecule has 0 aliphatic carbocycles. The van der Waals surface area contributed by atoms with Crippen LogP contribution in [0.15, 0.2) is 58.2 Å². The summed E-state index contributed by atoms with van der Waals surface area (Å²) in [7, 11) is 1.66. The van der Waals surface area contributed by atoms with Crippen LogP contribution in [0.25, 0.3) is 17.1 Å². The Bertz CT molecular complexity index is 1220. The molecule has 5 rings (SSSR count). The van der Waals surface area contributed by atoms with Crippen molar-refractivity contribution in [3.05, 3.63) is 60.2 Å². The second kappa shape index (κ2) is 9.62. The topological polar surface area (TPSA) is 82.1 Å². The highest BCUT2D eigenvalue weighted by molar-refractivity contribution is 7.98. The zero-order chi connectivity index (χ0) is 22.6. The maximum atomic E-state index is 13.2. The second-order valence-electron chi connectivity index (χ2n) is 7.65. The van der Waals surface area contributed by atoms with Gasteiger partial charge in [0.25, 0.3) is 5.89 Å². The summed E-state index contributed by atoms with van der Waals surface area (Å²) < 4.78 is 26.2. The van der Waals surface area contributed by atoms with Crippen molar-refractivity contribution in [3.63, 3.8) is 0 Å². The molecule has 4 aromatic rings. The first-order chi connectivity index (χ1) is 16.2. The number of para-hydroxylation sites is 2. The van der Waals surface area contributed by atoms with Gasteiger partial charge < -0.3 is 14.2 Å². The van der Waals surface area contributed by atoms with E-state index in [-0.39, 0.29) is 5.82 Å². The first-order valence-electron chi connectivity index (χ1n) is 10.8. The summed E-state index contributed by atoms with van der Waals surface area (Å²) in [4.78, 5) is 6.72. The molecule has 0 unspecified atom stereocenters. The normalized spacial score (nSPS) is 13.9. The van der Waals surface area contributed by atoms with Gasteiger partial charge in [0.05, 0.1) is 18.6 Å². The van der Waals surface area contributed by atoms with Crippen LogP contribution in [-0.2, 0) is 5.75 Å². The largest absolute Gasteiger partial charge is 0.495 e. The van der Waals surface area contributed by atoms with Crippen molar-refractivity contribution in [2.75, 3.05) is 25.1 Å². The molecule has 0 atom stereocenters. The molecular formula is C23H23FN6O2S. The van der Waals surface area contributed by atoms with Crippen LogP contribution in [0.4, 0.5) is 10.3 Å². The standard InChI is InChI=1S/C23H23FN6O2S/c1-31-19-8-4-3-7-18(19)30-22(29-13-5-2-6-14-29)26-27-23(30)33-15-20-25-21(32-28-20)16-9-11-17(24)12-10-16/h3-4,7-12H,2,5-6,13-15H2,1H3. The van der Waals surface area contributed by atoms with Crippen LogP contribution in [0.5, 0.6) is 5.75 Å². The number of thioether (sulfide) groups is 1. The van der Waals surface area contributed by atoms with Gasteiger partial charge in [-0.1, -0.05) is 29.1 Å². The van der Waals surface area contributed by atoms with Gasteiger partial charge in [-0.3, -0.25) is 4.57 Å². The van der Waals surface area contributed by atoms with E-state index in [0.29, 0.717) is 28.2 Å². The highest BCUT2D eigenvalue weighted by Crippen LogP contribution is 2.33. The number of rotatable bonds is 7. The van der Waals surface area contributed by atoms with E-state index in [1.807, 2.05) is 28.8 Å². The average Bonchev–Trinajstić information content (AvgIpc) is 3.51. The van der Waals surface area contributed by atoms with Gasteiger partial charge in [-0.15, -0.1) is 10.2 Å². The zero-order valence-corrected chi connectivity index (χ0v) is 19.0. The average molecular weight is 467 g/mol. The lowest BCUT2D eigenvalue weighted by molar-refractivity contribution is 0.412. The maximum Gasteiger partial charge on any atom is 0.257 e. The number of hydrogen-bond acceptors (Lipinski definition) is 8. The first kappa shape index (κ1) is 21.4. The van der Waals surface area contributed by atoms with E-state index >= 15 is 0 Å². The Morgan fingerprint density at radius 3 is 2.61 bits per heavy atom. The number of hydrogen-bond donors (Lipinski definition) is 0. The lowest BCUT2D eigenvalue weighted by Crippen LogP contribution is -2.31. The molecule has 1 aliphatic rings. The Labute approximate surface area is 194 Å². The van der Waals surface area contributed by atoms with Crippen molar-refractivity contribution >= 4 is 17.7 Å². The summed E-state index contributed by atoms with van der Waals surface area (Å²) in [6.45, 7) is 1.90.